The molecule has 0 spiro atoms. The fourth-order valence-electron chi connectivity index (χ4n) is 1.30. The lowest BCUT2D eigenvalue weighted by Gasteiger charge is -2.07. The molecule has 0 heterocycles. The predicted molar refractivity (Wildman–Crippen MR) is 56.9 cm³/mol. The van der Waals surface area contributed by atoms with Crippen LogP contribution in [0.1, 0.15) is 28.4 Å². The van der Waals surface area contributed by atoms with E-state index in [1.165, 1.54) is 13.2 Å². The van der Waals surface area contributed by atoms with Gasteiger partial charge in [0, 0.05) is 0 Å². The van der Waals surface area contributed by atoms with Crippen LogP contribution in [0, 0.1) is 11.3 Å². The molecule has 0 bridgehead atoms. The highest BCUT2D eigenvalue weighted by Crippen LogP contribution is 2.22. The van der Waals surface area contributed by atoms with E-state index in [2.05, 4.69) is 4.74 Å². The molecule has 0 saturated heterocycles. The van der Waals surface area contributed by atoms with Crippen molar-refractivity contribution in [2.45, 2.75) is 13.3 Å². The zero-order valence-corrected chi connectivity index (χ0v) is 9.26. The lowest BCUT2D eigenvalue weighted by molar-refractivity contribution is 0.0599. The van der Waals surface area contributed by atoms with E-state index < -0.39 is 5.97 Å². The van der Waals surface area contributed by atoms with Crippen molar-refractivity contribution in [1.29, 1.82) is 5.26 Å². The molecule has 1 aromatic carbocycles. The summed E-state index contributed by atoms with van der Waals surface area (Å²) in [5, 5.41) is 9.05. The second-order valence-electron chi connectivity index (χ2n) is 2.95. The van der Waals surface area contributed by atoms with Crippen LogP contribution in [0.2, 0.25) is 5.02 Å². The lowest BCUT2D eigenvalue weighted by Crippen LogP contribution is -2.06. The maximum atomic E-state index is 11.4. The molecule has 1 rings (SSSR count). The van der Waals surface area contributed by atoms with Crippen LogP contribution in [0.15, 0.2) is 12.1 Å². The Labute approximate surface area is 93.2 Å². The van der Waals surface area contributed by atoms with Gasteiger partial charge in [-0.3, -0.25) is 0 Å². The van der Waals surface area contributed by atoms with Crippen molar-refractivity contribution in [2.24, 2.45) is 0 Å². The maximum absolute atomic E-state index is 11.4. The number of methoxy groups -OCH3 is 1. The van der Waals surface area contributed by atoms with E-state index in [-0.39, 0.29) is 5.02 Å². The fraction of sp³-hybridized carbons (Fsp3) is 0.273. The molecule has 0 N–H and O–H groups in total. The van der Waals surface area contributed by atoms with Crippen LogP contribution in [0.25, 0.3) is 0 Å². The summed E-state index contributed by atoms with van der Waals surface area (Å²) in [4.78, 5) is 11.4. The Morgan fingerprint density at radius 3 is 2.73 bits per heavy atom. The number of hydrogen-bond donors (Lipinski definition) is 0. The monoisotopic (exact) mass is 223 g/mol. The van der Waals surface area contributed by atoms with Crippen LogP contribution in [-0.2, 0) is 11.2 Å². The summed E-state index contributed by atoms with van der Waals surface area (Å²) >= 11 is 5.83. The highest BCUT2D eigenvalue weighted by molar-refractivity contribution is 6.32. The van der Waals surface area contributed by atoms with Crippen LogP contribution >= 0.6 is 11.6 Å². The van der Waals surface area contributed by atoms with E-state index in [4.69, 9.17) is 16.9 Å². The first-order valence-corrected chi connectivity index (χ1v) is 4.82. The van der Waals surface area contributed by atoms with Gasteiger partial charge in [-0.05, 0) is 24.1 Å². The molecule has 0 atom stereocenters. The van der Waals surface area contributed by atoms with Gasteiger partial charge in [0.1, 0.15) is 6.07 Å². The topological polar surface area (TPSA) is 50.1 Å². The molecule has 0 radical (unpaired) electrons. The summed E-state index contributed by atoms with van der Waals surface area (Å²) < 4.78 is 4.63. The summed E-state index contributed by atoms with van der Waals surface area (Å²) in [6, 6.07) is 5.07. The second-order valence-corrected chi connectivity index (χ2v) is 3.35. The minimum atomic E-state index is -0.432. The number of ether oxygens (including phenoxy) is 1. The van der Waals surface area contributed by atoms with Gasteiger partial charge >= 0.3 is 5.97 Å². The summed E-state index contributed by atoms with van der Waals surface area (Å²) in [6.45, 7) is 1.90. The first kappa shape index (κ1) is 11.5. The molecule has 0 aliphatic carbocycles. The minimum Gasteiger partial charge on any atom is -0.465 e. The van der Waals surface area contributed by atoms with Crippen LogP contribution < -0.4 is 0 Å². The molecular weight excluding hydrogens is 214 g/mol. The molecule has 0 aliphatic heterocycles. The van der Waals surface area contributed by atoms with E-state index >= 15 is 0 Å². The minimum absolute atomic E-state index is 0.273. The molecular formula is C11H10ClNO2. The van der Waals surface area contributed by atoms with Gasteiger partial charge in [-0.1, -0.05) is 18.5 Å². The van der Waals surface area contributed by atoms with Crippen molar-refractivity contribution in [1.82, 2.24) is 0 Å². The number of hydrogen-bond acceptors (Lipinski definition) is 3. The number of halogens is 1. The first-order chi connectivity index (χ1) is 7.13. The average Bonchev–Trinajstić information content (AvgIpc) is 2.27. The SMILES string of the molecule is CCc1cc(C#N)c(Cl)cc1C(=O)OC. The first-order valence-electron chi connectivity index (χ1n) is 4.44. The van der Waals surface area contributed by atoms with Crippen LogP contribution in [0.5, 0.6) is 0 Å². The zero-order chi connectivity index (χ0) is 11.4. The molecule has 78 valence electrons. The third-order valence-corrected chi connectivity index (χ3v) is 2.41. The Balaban J connectivity index is 3.35. The number of rotatable bonds is 2. The van der Waals surface area contributed by atoms with Gasteiger partial charge < -0.3 is 4.74 Å². The van der Waals surface area contributed by atoms with E-state index in [0.29, 0.717) is 17.5 Å². The Morgan fingerprint density at radius 1 is 1.60 bits per heavy atom. The Kier molecular flexibility index (Phi) is 3.70. The molecule has 0 saturated carbocycles. The largest absolute Gasteiger partial charge is 0.465 e. The van der Waals surface area contributed by atoms with Gasteiger partial charge in [0.05, 0.1) is 23.3 Å². The average molecular weight is 224 g/mol. The standard InChI is InChI=1S/C11H10ClNO2/c1-3-7-4-8(6-13)10(12)5-9(7)11(14)15-2/h4-5H,3H2,1-2H3. The fourth-order valence-corrected chi connectivity index (χ4v) is 1.50. The number of carbonyl (C=O) groups is 1. The van der Waals surface area contributed by atoms with Crippen molar-refractivity contribution in [3.05, 3.63) is 33.8 Å². The summed E-state index contributed by atoms with van der Waals surface area (Å²) in [7, 11) is 1.31. The predicted octanol–water partition coefficient (Wildman–Crippen LogP) is 2.56. The highest BCUT2D eigenvalue weighted by Gasteiger charge is 2.14. The van der Waals surface area contributed by atoms with Crippen molar-refractivity contribution >= 4 is 17.6 Å². The molecule has 3 nitrogen and oxygen atoms in total. The van der Waals surface area contributed by atoms with Crippen molar-refractivity contribution in [3.63, 3.8) is 0 Å². The van der Waals surface area contributed by atoms with Gasteiger partial charge in [-0.15, -0.1) is 0 Å². The molecule has 4 heteroatoms. The lowest BCUT2D eigenvalue weighted by atomic mass is 10.0. The van der Waals surface area contributed by atoms with E-state index in [1.54, 1.807) is 6.07 Å². The van der Waals surface area contributed by atoms with E-state index in [0.717, 1.165) is 5.56 Å². The summed E-state index contributed by atoms with van der Waals surface area (Å²) in [6.07, 6.45) is 0.649. The van der Waals surface area contributed by atoms with Gasteiger partial charge in [0.15, 0.2) is 0 Å². The van der Waals surface area contributed by atoms with Gasteiger partial charge in [0.25, 0.3) is 0 Å². The highest BCUT2D eigenvalue weighted by atomic mass is 35.5. The number of nitrogens with zero attached hydrogens (tertiary/aromatic N) is 1. The summed E-state index contributed by atoms with van der Waals surface area (Å²) in [5.74, 6) is -0.432. The van der Waals surface area contributed by atoms with Gasteiger partial charge in [0.2, 0.25) is 0 Å². The Morgan fingerprint density at radius 2 is 2.27 bits per heavy atom. The van der Waals surface area contributed by atoms with Gasteiger partial charge in [-0.25, -0.2) is 4.79 Å². The third kappa shape index (κ3) is 2.28. The van der Waals surface area contributed by atoms with Crippen molar-refractivity contribution in [3.8, 4) is 6.07 Å². The molecule has 0 fully saturated rings. The summed E-state index contributed by atoms with van der Waals surface area (Å²) in [5.41, 5.74) is 1.56. The Bertz CT molecular complexity index is 435. The van der Waals surface area contributed by atoms with Crippen molar-refractivity contribution in [2.75, 3.05) is 7.11 Å². The molecule has 0 aromatic heterocycles. The quantitative estimate of drug-likeness (QED) is 0.724. The van der Waals surface area contributed by atoms with Crippen LogP contribution in [0.3, 0.4) is 0 Å². The number of carbonyl (C=O) groups excluding carboxylic acids is 1. The molecule has 0 amide bonds. The van der Waals surface area contributed by atoms with Gasteiger partial charge in [-0.2, -0.15) is 5.26 Å². The smallest absolute Gasteiger partial charge is 0.338 e. The van der Waals surface area contributed by atoms with Crippen molar-refractivity contribution < 1.29 is 9.53 Å². The number of nitriles is 1. The molecule has 1 aromatic rings. The number of aryl methyl sites for hydroxylation is 1. The molecule has 0 unspecified atom stereocenters. The second kappa shape index (κ2) is 4.81. The molecule has 15 heavy (non-hydrogen) atoms. The zero-order valence-electron chi connectivity index (χ0n) is 8.50. The Hall–Kier alpha value is -1.53. The maximum Gasteiger partial charge on any atom is 0.338 e. The van der Waals surface area contributed by atoms with E-state index in [9.17, 15) is 4.79 Å². The normalized spacial score (nSPS) is 9.47. The third-order valence-electron chi connectivity index (χ3n) is 2.10. The molecule has 0 aliphatic rings. The van der Waals surface area contributed by atoms with E-state index in [1.807, 2.05) is 13.0 Å². The van der Waals surface area contributed by atoms with Crippen LogP contribution in [-0.4, -0.2) is 13.1 Å². The number of benzene rings is 1. The van der Waals surface area contributed by atoms with Crippen LogP contribution in [0.4, 0.5) is 0 Å². The number of esters is 1.